The fourth-order valence-corrected chi connectivity index (χ4v) is 1.63. The Labute approximate surface area is 159 Å². The number of imidazole rings is 1. The molecule has 120 valence electrons. The van der Waals surface area contributed by atoms with E-state index in [-0.39, 0.29) is 49.2 Å². The Hall–Kier alpha value is -0.830. The number of nitrogens with zero attached hydrogens (tertiary/aromatic N) is 1. The van der Waals surface area contributed by atoms with Crippen molar-refractivity contribution in [1.29, 1.82) is 0 Å². The molecule has 0 fully saturated rings. The molecule has 1 aromatic carbocycles. The monoisotopic (exact) mass is 336 g/mol. The van der Waals surface area contributed by atoms with Gasteiger partial charge in [0.15, 0.2) is 11.5 Å². The number of H-pyrrole nitrogens is 1. The molecule has 0 amide bonds. The summed E-state index contributed by atoms with van der Waals surface area (Å²) in [5.74, 6) is -0.395. The normalized spacial score (nSPS) is 11.0. The number of hydrogen-bond acceptors (Lipinski definition) is 6. The summed E-state index contributed by atoms with van der Waals surface area (Å²) >= 11 is 0. The van der Waals surface area contributed by atoms with Gasteiger partial charge in [-0.05, 0) is 31.3 Å². The molecule has 2 rings (SSSR count). The van der Waals surface area contributed by atoms with E-state index in [1.165, 1.54) is 12.1 Å². The molecule has 1 heterocycles. The predicted octanol–water partition coefficient (Wildman–Crippen LogP) is -0.655. The van der Waals surface area contributed by atoms with Crippen LogP contribution in [0.3, 0.4) is 0 Å². The van der Waals surface area contributed by atoms with Crippen LogP contribution >= 0.6 is 0 Å². The minimum absolute atomic E-state index is 0. The van der Waals surface area contributed by atoms with Crippen LogP contribution in [0.1, 0.15) is 17.4 Å². The van der Waals surface area contributed by atoms with Gasteiger partial charge in [-0.1, -0.05) is 6.07 Å². The molecule has 0 radical (unpaired) electrons. The number of benzene rings is 1. The number of aromatic nitrogens is 2. The van der Waals surface area contributed by atoms with E-state index in [2.05, 4.69) is 15.3 Å². The van der Waals surface area contributed by atoms with Crippen LogP contribution in [0.15, 0.2) is 30.7 Å². The van der Waals surface area contributed by atoms with Crippen molar-refractivity contribution in [2.75, 3.05) is 20.1 Å². The van der Waals surface area contributed by atoms with Gasteiger partial charge in [0.25, 0.3) is 0 Å². The van der Waals surface area contributed by atoms with Gasteiger partial charge in [-0.25, -0.2) is 4.98 Å². The second kappa shape index (κ2) is 11.7. The third-order valence-corrected chi connectivity index (χ3v) is 2.74. The van der Waals surface area contributed by atoms with Crippen LogP contribution in [0.25, 0.3) is 0 Å². The molecule has 0 spiro atoms. The number of nitrogens with one attached hydrogen (secondary N) is 2. The zero-order valence-electron chi connectivity index (χ0n) is 12.0. The maximum atomic E-state index is 9.48. The molecule has 0 aliphatic rings. The number of aliphatic hydroxyl groups excluding tert-OH is 1. The Morgan fingerprint density at radius 2 is 2.05 bits per heavy atom. The van der Waals surface area contributed by atoms with Gasteiger partial charge >= 0.3 is 37.7 Å². The summed E-state index contributed by atoms with van der Waals surface area (Å²) in [5, 5.41) is 30.4. The van der Waals surface area contributed by atoms with E-state index in [1.54, 1.807) is 19.4 Å². The summed E-state index contributed by atoms with van der Waals surface area (Å²) in [6.07, 6.45) is 3.71. The predicted molar refractivity (Wildman–Crippen MR) is 88.5 cm³/mol. The first kappa shape index (κ1) is 21.2. The number of aromatic hydroxyl groups is 2. The van der Waals surface area contributed by atoms with Gasteiger partial charge in [-0.15, -0.1) is 0 Å². The van der Waals surface area contributed by atoms with Crippen molar-refractivity contribution in [3.8, 4) is 11.5 Å². The van der Waals surface area contributed by atoms with Gasteiger partial charge in [0.1, 0.15) is 0 Å². The molecule has 7 nitrogen and oxygen atoms in total. The molecule has 0 saturated carbocycles. The van der Waals surface area contributed by atoms with Gasteiger partial charge < -0.3 is 31.4 Å². The fourth-order valence-electron chi connectivity index (χ4n) is 1.63. The molecule has 1 unspecified atom stereocenters. The van der Waals surface area contributed by atoms with Gasteiger partial charge in [-0.3, -0.25) is 0 Å². The standard InChI is InChI=1S/C9H13NO3.C5H9N3.Ca.2H/c1-10-5-9(13)6-2-3-7(11)8(12)4-6;6-2-1-5-3-7-4-8-5;;;/h2-4,9-13H,5H2,1H3;3-4H,1-2,6H2,(H,7,8);;;. The number of aromatic amines is 1. The molecule has 22 heavy (non-hydrogen) atoms. The molecule has 1 aromatic heterocycles. The number of nitrogens with two attached hydrogens (primary N) is 1. The van der Waals surface area contributed by atoms with Crippen molar-refractivity contribution in [1.82, 2.24) is 15.3 Å². The van der Waals surface area contributed by atoms with Crippen molar-refractivity contribution in [3.05, 3.63) is 42.0 Å². The van der Waals surface area contributed by atoms with Crippen LogP contribution in [0.2, 0.25) is 0 Å². The van der Waals surface area contributed by atoms with Gasteiger partial charge in [0.05, 0.1) is 18.1 Å². The van der Waals surface area contributed by atoms with Crippen LogP contribution in [0, 0.1) is 0 Å². The third-order valence-electron chi connectivity index (χ3n) is 2.74. The Bertz CT molecular complexity index is 523. The van der Waals surface area contributed by atoms with Crippen LogP contribution in [-0.4, -0.2) is 83.2 Å². The average molecular weight is 336 g/mol. The zero-order chi connectivity index (χ0) is 15.7. The molecule has 0 saturated heterocycles. The van der Waals surface area contributed by atoms with E-state index >= 15 is 0 Å². The minimum atomic E-state index is -0.670. The Morgan fingerprint density at radius 1 is 1.32 bits per heavy atom. The van der Waals surface area contributed by atoms with Crippen molar-refractivity contribution in [2.45, 2.75) is 12.5 Å². The van der Waals surface area contributed by atoms with Gasteiger partial charge in [0.2, 0.25) is 0 Å². The Kier molecular flexibility index (Phi) is 11.3. The number of likely N-dealkylation sites (N-methyl/N-ethyl adjacent to an activating group) is 1. The van der Waals surface area contributed by atoms with E-state index in [1.807, 2.05) is 6.20 Å². The van der Waals surface area contributed by atoms with Crippen molar-refractivity contribution >= 4 is 37.7 Å². The molecule has 0 aliphatic heterocycles. The summed E-state index contributed by atoms with van der Waals surface area (Å²) in [6, 6.07) is 4.26. The summed E-state index contributed by atoms with van der Waals surface area (Å²) in [5.41, 5.74) is 6.87. The quantitative estimate of drug-likeness (QED) is 0.318. The first-order chi connectivity index (χ1) is 10.1. The van der Waals surface area contributed by atoms with Gasteiger partial charge in [-0.2, -0.15) is 0 Å². The van der Waals surface area contributed by atoms with Crippen molar-refractivity contribution in [2.24, 2.45) is 5.73 Å². The van der Waals surface area contributed by atoms with Crippen molar-refractivity contribution in [3.63, 3.8) is 0 Å². The Balaban J connectivity index is 0.000000423. The molecule has 8 heteroatoms. The van der Waals surface area contributed by atoms with E-state index in [0.717, 1.165) is 12.1 Å². The Morgan fingerprint density at radius 3 is 2.55 bits per heavy atom. The zero-order valence-corrected chi connectivity index (χ0v) is 12.0. The summed E-state index contributed by atoms with van der Waals surface area (Å²) in [7, 11) is 1.73. The molecule has 0 aliphatic carbocycles. The number of hydrogen-bond donors (Lipinski definition) is 6. The number of phenolic OH excluding ortho intramolecular Hbond substituents is 2. The van der Waals surface area contributed by atoms with E-state index in [9.17, 15) is 5.11 Å². The molecular formula is C14H24CaN4O3. The number of rotatable bonds is 5. The van der Waals surface area contributed by atoms with E-state index in [0.29, 0.717) is 18.7 Å². The van der Waals surface area contributed by atoms with Crippen molar-refractivity contribution < 1.29 is 15.3 Å². The number of aliphatic hydroxyl groups is 1. The van der Waals surface area contributed by atoms with Crippen LogP contribution in [0.4, 0.5) is 0 Å². The average Bonchev–Trinajstić information content (AvgIpc) is 2.96. The molecular weight excluding hydrogens is 312 g/mol. The summed E-state index contributed by atoms with van der Waals surface area (Å²) < 4.78 is 0. The first-order valence-electron chi connectivity index (χ1n) is 6.60. The molecule has 2 aromatic rings. The van der Waals surface area contributed by atoms with Gasteiger partial charge in [0, 0.05) is 19.2 Å². The summed E-state index contributed by atoms with van der Waals surface area (Å²) in [4.78, 5) is 6.82. The molecule has 0 bridgehead atoms. The SMILES string of the molecule is CNCC(O)c1ccc(O)c(O)c1.NCCc1c[nH]cn1.[CaH2]. The maximum absolute atomic E-state index is 9.48. The summed E-state index contributed by atoms with van der Waals surface area (Å²) in [6.45, 7) is 1.08. The fraction of sp³-hybridized carbons (Fsp3) is 0.357. The molecule has 7 N–H and O–H groups in total. The first-order valence-corrected chi connectivity index (χ1v) is 6.60. The van der Waals surface area contributed by atoms with E-state index < -0.39 is 6.10 Å². The second-order valence-corrected chi connectivity index (χ2v) is 4.42. The van der Waals surface area contributed by atoms with E-state index in [4.69, 9.17) is 15.9 Å². The van der Waals surface area contributed by atoms with Crippen LogP contribution in [-0.2, 0) is 6.42 Å². The van der Waals surface area contributed by atoms with Crippen LogP contribution in [0.5, 0.6) is 11.5 Å². The second-order valence-electron chi connectivity index (χ2n) is 4.42. The molecule has 1 atom stereocenters. The van der Waals surface area contributed by atoms with Crippen LogP contribution < -0.4 is 11.1 Å². The third kappa shape index (κ3) is 7.44. The topological polar surface area (TPSA) is 127 Å². The number of phenols is 2.